The number of benzene rings is 3. The first-order valence-electron chi connectivity index (χ1n) is 13.6. The number of nitrogens with one attached hydrogen (secondary N) is 3. The molecule has 3 rings (SSSR count). The smallest absolute Gasteiger partial charge is 0.400 e. The van der Waals surface area contributed by atoms with Gasteiger partial charge in [-0.15, -0.1) is 0 Å². The second kappa shape index (κ2) is 17.8. The van der Waals surface area contributed by atoms with Crippen LogP contribution < -0.4 is 20.7 Å². The van der Waals surface area contributed by atoms with Crippen molar-refractivity contribution in [2.24, 2.45) is 5.41 Å². The molecule has 0 aliphatic rings. The minimum Gasteiger partial charge on any atom is -0.487 e. The third-order valence-corrected chi connectivity index (χ3v) is 8.06. The molecule has 3 aromatic carbocycles. The van der Waals surface area contributed by atoms with Crippen LogP contribution in [-0.4, -0.2) is 43.4 Å². The van der Waals surface area contributed by atoms with E-state index in [1.54, 1.807) is 31.3 Å². The van der Waals surface area contributed by atoms with Crippen LogP contribution in [0.3, 0.4) is 0 Å². The third kappa shape index (κ3) is 12.4. The van der Waals surface area contributed by atoms with Gasteiger partial charge >= 0.3 is 6.18 Å². The van der Waals surface area contributed by atoms with Gasteiger partial charge in [-0.05, 0) is 81.4 Å². The normalized spacial score (nSPS) is 11.3. The quantitative estimate of drug-likeness (QED) is 0.0741. The SMILES string of the molecule is C=C(NC(=S)c1cc(NC(=O)c2cc(CNC)ccc2Cl)ccc1OCC(F)F)Sc1cc(Cl)ccc1C.CC(C)(C=O)C(F)(F)F. The molecule has 0 fully saturated rings. The van der Waals surface area contributed by atoms with E-state index in [1.165, 1.54) is 23.9 Å². The summed E-state index contributed by atoms with van der Waals surface area (Å²) in [6.45, 7) is 7.36. The van der Waals surface area contributed by atoms with Gasteiger partial charge in [0.05, 0.1) is 21.2 Å². The summed E-state index contributed by atoms with van der Waals surface area (Å²) in [5.41, 5.74) is 0.649. The monoisotopic (exact) mass is 735 g/mol. The number of halogens is 7. The Morgan fingerprint density at radius 3 is 2.32 bits per heavy atom. The lowest BCUT2D eigenvalue weighted by molar-refractivity contribution is -0.203. The van der Waals surface area contributed by atoms with Gasteiger partial charge in [-0.25, -0.2) is 8.78 Å². The van der Waals surface area contributed by atoms with Crippen molar-refractivity contribution in [1.82, 2.24) is 10.6 Å². The fourth-order valence-corrected chi connectivity index (χ4v) is 5.05. The predicted molar refractivity (Wildman–Crippen MR) is 182 cm³/mol. The van der Waals surface area contributed by atoms with Crippen molar-refractivity contribution in [2.75, 3.05) is 19.0 Å². The lowest BCUT2D eigenvalue weighted by Crippen LogP contribution is -2.33. The van der Waals surface area contributed by atoms with Gasteiger partial charge in [-0.1, -0.05) is 65.9 Å². The second-order valence-corrected chi connectivity index (χ2v) is 12.8. The topological polar surface area (TPSA) is 79.5 Å². The molecular formula is C32H32Cl2F5N3O3S2. The van der Waals surface area contributed by atoms with Crippen LogP contribution in [0.5, 0.6) is 5.75 Å². The van der Waals surface area contributed by atoms with E-state index in [2.05, 4.69) is 22.5 Å². The number of hydrogen-bond acceptors (Lipinski definition) is 6. The number of carbonyl (C=O) groups is 2. The van der Waals surface area contributed by atoms with E-state index < -0.39 is 30.5 Å². The number of carbonyl (C=O) groups excluding carboxylic acids is 2. The minimum atomic E-state index is -4.42. The van der Waals surface area contributed by atoms with Gasteiger partial charge in [-0.3, -0.25) is 4.79 Å². The fourth-order valence-electron chi connectivity index (χ4n) is 3.43. The zero-order chi connectivity index (χ0) is 35.5. The van der Waals surface area contributed by atoms with Gasteiger partial charge in [0, 0.05) is 22.2 Å². The Balaban J connectivity index is 0.000000745. The molecule has 1 amide bonds. The van der Waals surface area contributed by atoms with Gasteiger partial charge in [0.2, 0.25) is 0 Å². The molecule has 0 unspecified atom stereocenters. The Morgan fingerprint density at radius 2 is 1.74 bits per heavy atom. The van der Waals surface area contributed by atoms with Crippen molar-refractivity contribution >= 4 is 70.1 Å². The van der Waals surface area contributed by atoms with E-state index in [-0.39, 0.29) is 17.0 Å². The standard InChI is InChI=1S/C27H25Cl2F2N3O2S2.C5H7F3O/c1-15-4-6-18(28)11-24(15)38-16(2)33-27(37)21-12-19(7-9-23(21)36-14-25(30)31)34-26(35)20-10-17(13-32-3)5-8-22(20)29;1-4(2,3-9)5(6,7)8/h4-12,25,32H,2,13-14H2,1,3H3,(H,33,37)(H,34,35);3H,1-2H3. The van der Waals surface area contributed by atoms with Crippen LogP contribution in [0, 0.1) is 12.3 Å². The van der Waals surface area contributed by atoms with Gasteiger partial charge in [0.1, 0.15) is 29.0 Å². The van der Waals surface area contributed by atoms with Crippen molar-refractivity contribution in [1.29, 1.82) is 0 Å². The Labute approximate surface area is 289 Å². The number of aldehydes is 1. The maximum Gasteiger partial charge on any atom is 0.400 e. The number of rotatable bonds is 12. The maximum absolute atomic E-state index is 13.0. The van der Waals surface area contributed by atoms with Crippen molar-refractivity contribution < 1.29 is 36.3 Å². The van der Waals surface area contributed by atoms with Gasteiger partial charge in [-0.2, -0.15) is 13.2 Å². The average molecular weight is 737 g/mol. The van der Waals surface area contributed by atoms with Crippen molar-refractivity contribution in [3.8, 4) is 5.75 Å². The average Bonchev–Trinajstić information content (AvgIpc) is 2.99. The Kier molecular flexibility index (Phi) is 15.1. The molecule has 3 N–H and O–H groups in total. The molecule has 3 aromatic rings. The van der Waals surface area contributed by atoms with Gasteiger partial charge in [0.15, 0.2) is 0 Å². The van der Waals surface area contributed by atoms with Crippen LogP contribution >= 0.6 is 47.2 Å². The summed E-state index contributed by atoms with van der Waals surface area (Å²) in [5.74, 6) is -0.304. The molecule has 0 saturated carbocycles. The summed E-state index contributed by atoms with van der Waals surface area (Å²) >= 11 is 19.2. The van der Waals surface area contributed by atoms with Crippen molar-refractivity contribution in [3.63, 3.8) is 0 Å². The van der Waals surface area contributed by atoms with E-state index in [1.807, 2.05) is 25.1 Å². The van der Waals surface area contributed by atoms with Crippen LogP contribution in [0.15, 0.2) is 71.1 Å². The molecule has 254 valence electrons. The Bertz CT molecular complexity index is 1600. The minimum absolute atomic E-state index is 0.104. The number of anilines is 1. The number of thioether (sulfide) groups is 1. The number of thiocarbonyl (C=S) groups is 1. The third-order valence-electron chi connectivity index (χ3n) is 6.16. The number of aryl methyl sites for hydroxylation is 1. The molecule has 47 heavy (non-hydrogen) atoms. The summed E-state index contributed by atoms with van der Waals surface area (Å²) < 4.78 is 65.8. The van der Waals surface area contributed by atoms with E-state index in [0.29, 0.717) is 38.4 Å². The van der Waals surface area contributed by atoms with Gasteiger partial charge < -0.3 is 25.5 Å². The molecule has 0 aliphatic heterocycles. The fraction of sp³-hybridized carbons (Fsp3) is 0.281. The number of amides is 1. The zero-order valence-electron chi connectivity index (χ0n) is 25.7. The number of hydrogen-bond donors (Lipinski definition) is 3. The van der Waals surface area contributed by atoms with Gasteiger partial charge in [0.25, 0.3) is 12.3 Å². The van der Waals surface area contributed by atoms with E-state index in [4.69, 9.17) is 40.2 Å². The Hall–Kier alpha value is -3.23. The summed E-state index contributed by atoms with van der Waals surface area (Å²) in [6, 6.07) is 15.2. The molecule has 0 bridgehead atoms. The van der Waals surface area contributed by atoms with Crippen LogP contribution in [0.4, 0.5) is 27.6 Å². The molecule has 0 saturated heterocycles. The first-order chi connectivity index (χ1) is 21.9. The molecule has 0 aromatic heterocycles. The molecule has 0 radical (unpaired) electrons. The lowest BCUT2D eigenvalue weighted by atomic mass is 9.95. The van der Waals surface area contributed by atoms with Crippen LogP contribution in [0.2, 0.25) is 10.0 Å². The largest absolute Gasteiger partial charge is 0.487 e. The second-order valence-electron chi connectivity index (χ2n) is 10.4. The highest BCUT2D eigenvalue weighted by molar-refractivity contribution is 8.03. The molecular weight excluding hydrogens is 704 g/mol. The van der Waals surface area contributed by atoms with Crippen molar-refractivity contribution in [2.45, 2.75) is 44.8 Å². The number of alkyl halides is 5. The highest BCUT2D eigenvalue weighted by atomic mass is 35.5. The molecule has 6 nitrogen and oxygen atoms in total. The number of ether oxygens (including phenoxy) is 1. The molecule has 0 atom stereocenters. The summed E-state index contributed by atoms with van der Waals surface area (Å²) in [7, 11) is 1.80. The lowest BCUT2D eigenvalue weighted by Gasteiger charge is -2.19. The van der Waals surface area contributed by atoms with Crippen LogP contribution in [-0.2, 0) is 11.3 Å². The van der Waals surface area contributed by atoms with Crippen LogP contribution in [0.1, 0.15) is 40.9 Å². The Morgan fingerprint density at radius 1 is 1.06 bits per heavy atom. The molecule has 0 heterocycles. The molecule has 15 heteroatoms. The molecule has 0 spiro atoms. The highest BCUT2D eigenvalue weighted by Gasteiger charge is 2.47. The predicted octanol–water partition coefficient (Wildman–Crippen LogP) is 9.22. The highest BCUT2D eigenvalue weighted by Crippen LogP contribution is 2.35. The summed E-state index contributed by atoms with van der Waals surface area (Å²) in [6.07, 6.45) is -7.20. The maximum atomic E-state index is 13.0. The van der Waals surface area contributed by atoms with Crippen LogP contribution in [0.25, 0.3) is 0 Å². The van der Waals surface area contributed by atoms with E-state index in [9.17, 15) is 31.5 Å². The summed E-state index contributed by atoms with van der Waals surface area (Å²) in [4.78, 5) is 23.8. The zero-order valence-corrected chi connectivity index (χ0v) is 28.8. The molecule has 0 aliphatic carbocycles. The summed E-state index contributed by atoms with van der Waals surface area (Å²) in [5, 5.41) is 10.2. The van der Waals surface area contributed by atoms with E-state index >= 15 is 0 Å². The first kappa shape index (κ1) is 39.9. The van der Waals surface area contributed by atoms with E-state index in [0.717, 1.165) is 29.9 Å². The first-order valence-corrected chi connectivity index (χ1v) is 15.6. The van der Waals surface area contributed by atoms with Crippen molar-refractivity contribution in [3.05, 3.63) is 98.5 Å².